The highest BCUT2D eigenvalue weighted by Gasteiger charge is 2.19. The van der Waals surface area contributed by atoms with Crippen molar-refractivity contribution in [2.45, 2.75) is 19.6 Å². The summed E-state index contributed by atoms with van der Waals surface area (Å²) >= 11 is 0. The van der Waals surface area contributed by atoms with Gasteiger partial charge in [-0.25, -0.2) is 15.0 Å². The maximum atomic E-state index is 9.03. The summed E-state index contributed by atoms with van der Waals surface area (Å²) in [6.45, 7) is 3.22. The number of nitrogens with zero attached hydrogens (tertiary/aromatic N) is 4. The molecular formula is C19H28N4OS. The van der Waals surface area contributed by atoms with E-state index in [-0.39, 0.29) is 5.92 Å². The number of pyridine rings is 1. The molecule has 0 aromatic carbocycles. The zero-order valence-electron chi connectivity index (χ0n) is 15.4. The first kappa shape index (κ1) is 18.1. The van der Waals surface area contributed by atoms with Crippen LogP contribution in [0.15, 0.2) is 24.5 Å². The Morgan fingerprint density at radius 1 is 1.32 bits per heavy atom. The van der Waals surface area contributed by atoms with Crippen molar-refractivity contribution in [1.82, 2.24) is 9.55 Å². The number of anilines is 1. The van der Waals surface area contributed by atoms with E-state index in [9.17, 15) is 0 Å². The Bertz CT molecular complexity index is 751. The average molecular weight is 361 g/mol. The predicted octanol–water partition coefficient (Wildman–Crippen LogP) is 3.44. The standard InChI is InChI=1S/C19H28N4OS/c1-25(2,3)11-10-24-15-23-9-6-17-12-18(14-21-19(17)23)22-7-4-16(13-20)5-8-22/h6,9,12,14,16H,4-5,7-8,10-11,15H2,1-3H3. The van der Waals surface area contributed by atoms with E-state index in [2.05, 4.69) is 51.4 Å². The molecule has 2 aromatic rings. The van der Waals surface area contributed by atoms with Crippen molar-refractivity contribution in [1.29, 1.82) is 5.26 Å². The second-order valence-corrected chi connectivity index (χ2v) is 12.2. The average Bonchev–Trinajstić information content (AvgIpc) is 3.00. The lowest BCUT2D eigenvalue weighted by molar-refractivity contribution is 0.0924. The van der Waals surface area contributed by atoms with Crippen molar-refractivity contribution in [2.75, 3.05) is 49.1 Å². The van der Waals surface area contributed by atoms with Gasteiger partial charge in [0.1, 0.15) is 12.4 Å². The maximum Gasteiger partial charge on any atom is 0.141 e. The number of hydrogen-bond donors (Lipinski definition) is 0. The third-order valence-electron chi connectivity index (χ3n) is 4.70. The van der Waals surface area contributed by atoms with Crippen molar-refractivity contribution in [3.63, 3.8) is 0 Å². The molecule has 0 spiro atoms. The molecule has 6 heteroatoms. The zero-order chi connectivity index (χ0) is 17.9. The lowest BCUT2D eigenvalue weighted by atomic mass is 9.98. The predicted molar refractivity (Wildman–Crippen MR) is 106 cm³/mol. The minimum atomic E-state index is -0.507. The zero-order valence-corrected chi connectivity index (χ0v) is 16.3. The van der Waals surface area contributed by atoms with Crippen molar-refractivity contribution < 1.29 is 4.74 Å². The van der Waals surface area contributed by atoms with Crippen LogP contribution in [0.5, 0.6) is 0 Å². The molecule has 2 aromatic heterocycles. The summed E-state index contributed by atoms with van der Waals surface area (Å²) < 4.78 is 7.90. The van der Waals surface area contributed by atoms with Crippen LogP contribution in [0.25, 0.3) is 11.0 Å². The van der Waals surface area contributed by atoms with Crippen LogP contribution in [-0.4, -0.2) is 53.8 Å². The van der Waals surface area contributed by atoms with E-state index in [4.69, 9.17) is 10.00 Å². The summed E-state index contributed by atoms with van der Waals surface area (Å²) in [6.07, 6.45) is 12.8. The first-order chi connectivity index (χ1) is 12.0. The van der Waals surface area contributed by atoms with E-state index in [1.54, 1.807) is 0 Å². The molecule has 25 heavy (non-hydrogen) atoms. The van der Waals surface area contributed by atoms with Gasteiger partial charge in [0.05, 0.1) is 24.6 Å². The first-order valence-electron chi connectivity index (χ1n) is 8.79. The van der Waals surface area contributed by atoms with Gasteiger partial charge in [0.2, 0.25) is 0 Å². The van der Waals surface area contributed by atoms with Crippen molar-refractivity contribution in [2.24, 2.45) is 5.92 Å². The third kappa shape index (κ3) is 4.68. The van der Waals surface area contributed by atoms with Gasteiger partial charge in [-0.2, -0.15) is 5.26 Å². The fourth-order valence-electron chi connectivity index (χ4n) is 3.08. The van der Waals surface area contributed by atoms with Gasteiger partial charge in [-0.05, 0) is 43.7 Å². The van der Waals surface area contributed by atoms with Gasteiger partial charge in [-0.3, -0.25) is 0 Å². The van der Waals surface area contributed by atoms with E-state index in [1.165, 1.54) is 0 Å². The molecule has 1 aliphatic rings. The van der Waals surface area contributed by atoms with Gasteiger partial charge in [0.15, 0.2) is 0 Å². The van der Waals surface area contributed by atoms with Crippen molar-refractivity contribution in [3.05, 3.63) is 24.5 Å². The minimum Gasteiger partial charge on any atom is -0.370 e. The number of fused-ring (bicyclic) bond motifs is 1. The largest absolute Gasteiger partial charge is 0.370 e. The Morgan fingerprint density at radius 2 is 2.08 bits per heavy atom. The number of nitriles is 1. The van der Waals surface area contributed by atoms with Crippen LogP contribution in [-0.2, 0) is 11.5 Å². The fourth-order valence-corrected chi connectivity index (χ4v) is 3.70. The van der Waals surface area contributed by atoms with Gasteiger partial charge in [0.25, 0.3) is 0 Å². The van der Waals surface area contributed by atoms with Gasteiger partial charge in [-0.15, -0.1) is 0 Å². The molecular weight excluding hydrogens is 332 g/mol. The summed E-state index contributed by atoms with van der Waals surface area (Å²) in [6, 6.07) is 6.69. The van der Waals surface area contributed by atoms with Crippen LogP contribution < -0.4 is 4.90 Å². The molecule has 0 aliphatic carbocycles. The summed E-state index contributed by atoms with van der Waals surface area (Å²) in [7, 11) is -0.507. The molecule has 1 saturated heterocycles. The number of rotatable bonds is 6. The number of ether oxygens (including phenoxy) is 1. The second-order valence-electron chi connectivity index (χ2n) is 7.61. The fraction of sp³-hybridized carbons (Fsp3) is 0.579. The Balaban J connectivity index is 1.62. The SMILES string of the molecule is CS(C)(C)CCOCn1ccc2cc(N3CCC(C#N)CC3)cnc21. The van der Waals surface area contributed by atoms with Crippen LogP contribution in [0, 0.1) is 17.2 Å². The highest BCUT2D eigenvalue weighted by atomic mass is 32.3. The molecule has 3 rings (SSSR count). The quantitative estimate of drug-likeness (QED) is 0.741. The Morgan fingerprint density at radius 3 is 2.76 bits per heavy atom. The van der Waals surface area contributed by atoms with Crippen LogP contribution >= 0.6 is 10.0 Å². The van der Waals surface area contributed by atoms with Crippen LogP contribution in [0.4, 0.5) is 5.69 Å². The minimum absolute atomic E-state index is 0.209. The summed E-state index contributed by atoms with van der Waals surface area (Å²) in [5.41, 5.74) is 2.12. The molecule has 1 aliphatic heterocycles. The Labute approximate surface area is 151 Å². The molecule has 0 atom stereocenters. The molecule has 0 saturated carbocycles. The molecule has 0 radical (unpaired) electrons. The summed E-state index contributed by atoms with van der Waals surface area (Å²) in [4.78, 5) is 7.00. The van der Waals surface area contributed by atoms with E-state index < -0.39 is 10.0 Å². The van der Waals surface area contributed by atoms with E-state index in [0.29, 0.717) is 6.73 Å². The van der Waals surface area contributed by atoms with Crippen molar-refractivity contribution in [3.8, 4) is 6.07 Å². The molecule has 0 bridgehead atoms. The number of piperidine rings is 1. The first-order valence-corrected chi connectivity index (χ1v) is 11.8. The van der Waals surface area contributed by atoms with Gasteiger partial charge < -0.3 is 14.2 Å². The summed E-state index contributed by atoms with van der Waals surface area (Å²) in [5, 5.41) is 10.2. The molecule has 0 N–H and O–H groups in total. The molecule has 0 unspecified atom stereocenters. The van der Waals surface area contributed by atoms with Crippen LogP contribution in [0.3, 0.4) is 0 Å². The molecule has 1 fully saturated rings. The van der Waals surface area contributed by atoms with Crippen molar-refractivity contribution >= 4 is 26.7 Å². The second kappa shape index (κ2) is 7.67. The molecule has 136 valence electrons. The highest BCUT2D eigenvalue weighted by molar-refractivity contribution is 8.32. The summed E-state index contributed by atoms with van der Waals surface area (Å²) in [5.74, 6) is 1.34. The Hall–Kier alpha value is -1.71. The monoisotopic (exact) mass is 360 g/mol. The molecule has 5 nitrogen and oxygen atoms in total. The van der Waals surface area contributed by atoms with Crippen LogP contribution in [0.2, 0.25) is 0 Å². The van der Waals surface area contributed by atoms with E-state index in [1.807, 2.05) is 12.4 Å². The Kier molecular flexibility index (Phi) is 5.55. The van der Waals surface area contributed by atoms with Gasteiger partial charge in [0, 0.05) is 36.3 Å². The molecule has 0 amide bonds. The number of aromatic nitrogens is 2. The lowest BCUT2D eigenvalue weighted by Gasteiger charge is -2.30. The maximum absolute atomic E-state index is 9.03. The number of hydrogen-bond acceptors (Lipinski definition) is 4. The topological polar surface area (TPSA) is 54.1 Å². The smallest absolute Gasteiger partial charge is 0.141 e. The van der Waals surface area contributed by atoms with Gasteiger partial charge >= 0.3 is 0 Å². The molecule has 3 heterocycles. The lowest BCUT2D eigenvalue weighted by Crippen LogP contribution is -2.33. The van der Waals surface area contributed by atoms with E-state index in [0.717, 1.165) is 55.0 Å². The third-order valence-corrected chi connectivity index (χ3v) is 6.09. The highest BCUT2D eigenvalue weighted by Crippen LogP contribution is 2.33. The van der Waals surface area contributed by atoms with E-state index >= 15 is 0 Å². The van der Waals surface area contributed by atoms with Crippen LogP contribution in [0.1, 0.15) is 12.8 Å². The van der Waals surface area contributed by atoms with Gasteiger partial charge in [-0.1, -0.05) is 0 Å². The normalized spacial score (nSPS) is 17.0.